The van der Waals surface area contributed by atoms with Crippen molar-refractivity contribution in [3.63, 3.8) is 0 Å². The topological polar surface area (TPSA) is 72.5 Å². The lowest BCUT2D eigenvalue weighted by Crippen LogP contribution is -2.38. The minimum atomic E-state index is -0.193. The van der Waals surface area contributed by atoms with Gasteiger partial charge in [0.15, 0.2) is 11.5 Å². The van der Waals surface area contributed by atoms with Crippen LogP contribution in [-0.2, 0) is 6.42 Å². The average molecular weight is 313 g/mol. The molecular formula is C17H19N3O3. The molecule has 0 spiro atoms. The van der Waals surface area contributed by atoms with Crippen molar-refractivity contribution >= 4 is 6.03 Å². The maximum absolute atomic E-state index is 11.9. The molecule has 2 aromatic rings. The highest BCUT2D eigenvalue weighted by Crippen LogP contribution is 2.32. The lowest BCUT2D eigenvalue weighted by Gasteiger charge is -2.14. The Morgan fingerprint density at radius 3 is 3.00 bits per heavy atom. The first-order valence-electron chi connectivity index (χ1n) is 7.55. The summed E-state index contributed by atoms with van der Waals surface area (Å²) in [6.45, 7) is 2.74. The number of urea groups is 1. The van der Waals surface area contributed by atoms with E-state index < -0.39 is 0 Å². The summed E-state index contributed by atoms with van der Waals surface area (Å²) in [5.74, 6) is 1.53. The van der Waals surface area contributed by atoms with Crippen LogP contribution in [-0.4, -0.2) is 24.4 Å². The molecule has 1 aromatic heterocycles. The van der Waals surface area contributed by atoms with Gasteiger partial charge in [-0.05, 0) is 42.7 Å². The number of fused-ring (bicyclic) bond motifs is 1. The highest BCUT2D eigenvalue weighted by molar-refractivity contribution is 5.74. The van der Waals surface area contributed by atoms with Gasteiger partial charge in [0.1, 0.15) is 0 Å². The van der Waals surface area contributed by atoms with E-state index in [0.717, 1.165) is 29.0 Å². The van der Waals surface area contributed by atoms with Crippen LogP contribution in [0.25, 0.3) is 0 Å². The van der Waals surface area contributed by atoms with Crippen molar-refractivity contribution in [2.24, 2.45) is 0 Å². The number of aromatic nitrogens is 1. The van der Waals surface area contributed by atoms with E-state index in [1.807, 2.05) is 37.3 Å². The van der Waals surface area contributed by atoms with Gasteiger partial charge in [0.05, 0.1) is 6.04 Å². The molecule has 2 N–H and O–H groups in total. The van der Waals surface area contributed by atoms with Gasteiger partial charge in [-0.3, -0.25) is 4.98 Å². The molecule has 1 aliphatic heterocycles. The van der Waals surface area contributed by atoms with E-state index in [9.17, 15) is 4.79 Å². The van der Waals surface area contributed by atoms with E-state index in [2.05, 4.69) is 15.6 Å². The molecule has 1 atom stereocenters. The molecule has 1 aliphatic rings. The minimum Gasteiger partial charge on any atom is -0.454 e. The highest BCUT2D eigenvalue weighted by atomic mass is 16.7. The number of nitrogens with one attached hydrogen (secondary N) is 2. The largest absolute Gasteiger partial charge is 0.454 e. The smallest absolute Gasteiger partial charge is 0.315 e. The third-order valence-corrected chi connectivity index (χ3v) is 3.67. The molecule has 0 aliphatic carbocycles. The van der Waals surface area contributed by atoms with Crippen LogP contribution >= 0.6 is 0 Å². The zero-order chi connectivity index (χ0) is 16.1. The summed E-state index contributed by atoms with van der Waals surface area (Å²) in [5, 5.41) is 5.75. The van der Waals surface area contributed by atoms with E-state index in [1.54, 1.807) is 12.4 Å². The van der Waals surface area contributed by atoms with Crippen molar-refractivity contribution in [2.75, 3.05) is 13.3 Å². The summed E-state index contributed by atoms with van der Waals surface area (Å²) in [4.78, 5) is 16.0. The number of carbonyl (C=O) groups excluding carboxylic acids is 1. The van der Waals surface area contributed by atoms with Crippen LogP contribution in [0, 0.1) is 0 Å². The van der Waals surface area contributed by atoms with Crippen LogP contribution in [0.5, 0.6) is 11.5 Å². The average Bonchev–Trinajstić information content (AvgIpc) is 3.03. The third kappa shape index (κ3) is 3.91. The second kappa shape index (κ2) is 7.00. The second-order valence-corrected chi connectivity index (χ2v) is 5.35. The number of benzene rings is 1. The van der Waals surface area contributed by atoms with Gasteiger partial charge in [-0.2, -0.15) is 0 Å². The SMILES string of the molecule is CC(NC(=O)NCCc1ccc2c(c1)OCO2)c1cccnc1. The number of hydrogen-bond donors (Lipinski definition) is 2. The summed E-state index contributed by atoms with van der Waals surface area (Å²) >= 11 is 0. The molecule has 1 unspecified atom stereocenters. The predicted molar refractivity (Wildman–Crippen MR) is 85.5 cm³/mol. The number of pyridine rings is 1. The molecule has 0 bridgehead atoms. The fraction of sp³-hybridized carbons (Fsp3) is 0.294. The quantitative estimate of drug-likeness (QED) is 0.889. The Balaban J connectivity index is 1.44. The molecule has 3 rings (SSSR count). The summed E-state index contributed by atoms with van der Waals surface area (Å²) in [6.07, 6.45) is 4.19. The van der Waals surface area contributed by atoms with Gasteiger partial charge in [-0.15, -0.1) is 0 Å². The first-order chi connectivity index (χ1) is 11.2. The minimum absolute atomic E-state index is 0.0887. The van der Waals surface area contributed by atoms with Gasteiger partial charge < -0.3 is 20.1 Å². The number of nitrogens with zero attached hydrogens (tertiary/aromatic N) is 1. The van der Waals surface area contributed by atoms with Gasteiger partial charge in [0.25, 0.3) is 0 Å². The van der Waals surface area contributed by atoms with Crippen molar-refractivity contribution in [3.8, 4) is 11.5 Å². The zero-order valence-corrected chi connectivity index (χ0v) is 12.9. The van der Waals surface area contributed by atoms with Crippen LogP contribution in [0.2, 0.25) is 0 Å². The first kappa shape index (κ1) is 15.1. The van der Waals surface area contributed by atoms with Gasteiger partial charge in [-0.1, -0.05) is 12.1 Å². The van der Waals surface area contributed by atoms with E-state index in [1.165, 1.54) is 0 Å². The first-order valence-corrected chi connectivity index (χ1v) is 7.55. The van der Waals surface area contributed by atoms with Crippen molar-refractivity contribution in [1.29, 1.82) is 0 Å². The van der Waals surface area contributed by atoms with Crippen LogP contribution < -0.4 is 20.1 Å². The Kier molecular flexibility index (Phi) is 4.61. The molecule has 0 saturated carbocycles. The fourth-order valence-electron chi connectivity index (χ4n) is 2.38. The van der Waals surface area contributed by atoms with E-state index >= 15 is 0 Å². The normalized spacial score (nSPS) is 13.4. The van der Waals surface area contributed by atoms with Gasteiger partial charge in [0, 0.05) is 18.9 Å². The fourth-order valence-corrected chi connectivity index (χ4v) is 2.38. The monoisotopic (exact) mass is 313 g/mol. The molecular weight excluding hydrogens is 294 g/mol. The lowest BCUT2D eigenvalue weighted by molar-refractivity contribution is 0.174. The standard InChI is InChI=1S/C17H19N3O3/c1-12(14-3-2-7-18-10-14)20-17(21)19-8-6-13-4-5-15-16(9-13)23-11-22-15/h2-5,7,9-10,12H,6,8,11H2,1H3,(H2,19,20,21). The second-order valence-electron chi connectivity index (χ2n) is 5.35. The number of carbonyl (C=O) groups is 1. The molecule has 2 heterocycles. The van der Waals surface area contributed by atoms with Gasteiger partial charge in [-0.25, -0.2) is 4.79 Å². The Bertz CT molecular complexity index is 676. The van der Waals surface area contributed by atoms with Gasteiger partial charge in [0.2, 0.25) is 6.79 Å². The van der Waals surface area contributed by atoms with E-state index in [-0.39, 0.29) is 18.9 Å². The van der Waals surface area contributed by atoms with Crippen molar-refractivity contribution in [2.45, 2.75) is 19.4 Å². The molecule has 120 valence electrons. The maximum atomic E-state index is 11.9. The van der Waals surface area contributed by atoms with Crippen LogP contribution in [0.4, 0.5) is 4.79 Å². The number of ether oxygens (including phenoxy) is 2. The van der Waals surface area contributed by atoms with E-state index in [0.29, 0.717) is 6.54 Å². The van der Waals surface area contributed by atoms with Gasteiger partial charge >= 0.3 is 6.03 Å². The van der Waals surface area contributed by atoms with Crippen molar-refractivity contribution in [3.05, 3.63) is 53.9 Å². The third-order valence-electron chi connectivity index (χ3n) is 3.67. The Morgan fingerprint density at radius 1 is 1.30 bits per heavy atom. The zero-order valence-electron chi connectivity index (χ0n) is 12.9. The summed E-state index contributed by atoms with van der Waals surface area (Å²) < 4.78 is 10.6. The number of hydrogen-bond acceptors (Lipinski definition) is 4. The molecule has 23 heavy (non-hydrogen) atoms. The predicted octanol–water partition coefficient (Wildman–Crippen LogP) is 2.41. The lowest BCUT2D eigenvalue weighted by atomic mass is 10.1. The number of amides is 2. The molecule has 2 amide bonds. The number of rotatable bonds is 5. The Morgan fingerprint density at radius 2 is 2.17 bits per heavy atom. The van der Waals surface area contributed by atoms with E-state index in [4.69, 9.17) is 9.47 Å². The summed E-state index contributed by atoms with van der Waals surface area (Å²) in [7, 11) is 0. The molecule has 6 heteroatoms. The molecule has 0 saturated heterocycles. The molecule has 1 aromatic carbocycles. The Hall–Kier alpha value is -2.76. The Labute approximate surface area is 134 Å². The summed E-state index contributed by atoms with van der Waals surface area (Å²) in [5.41, 5.74) is 2.06. The van der Waals surface area contributed by atoms with Crippen molar-refractivity contribution < 1.29 is 14.3 Å². The van der Waals surface area contributed by atoms with Crippen LogP contribution in [0.15, 0.2) is 42.7 Å². The molecule has 6 nitrogen and oxygen atoms in total. The molecule has 0 fully saturated rings. The van der Waals surface area contributed by atoms with Crippen LogP contribution in [0.3, 0.4) is 0 Å². The highest BCUT2D eigenvalue weighted by Gasteiger charge is 2.13. The van der Waals surface area contributed by atoms with Crippen LogP contribution in [0.1, 0.15) is 24.1 Å². The maximum Gasteiger partial charge on any atom is 0.315 e. The summed E-state index contributed by atoms with van der Waals surface area (Å²) in [6, 6.07) is 9.32. The molecule has 0 radical (unpaired) electrons. The van der Waals surface area contributed by atoms with Crippen molar-refractivity contribution in [1.82, 2.24) is 15.6 Å².